The van der Waals surface area contributed by atoms with E-state index in [1.165, 1.54) is 12.1 Å². The monoisotopic (exact) mass is 254 g/mol. The topological polar surface area (TPSA) is 55.8 Å². The summed E-state index contributed by atoms with van der Waals surface area (Å²) in [5, 5.41) is 9.15. The van der Waals surface area contributed by atoms with Crippen LogP contribution in [-0.4, -0.2) is 16.9 Å². The van der Waals surface area contributed by atoms with Crippen LogP contribution in [0, 0.1) is 0 Å². The molecule has 3 rings (SSSR count). The van der Waals surface area contributed by atoms with Crippen LogP contribution < -0.4 is 9.47 Å². The van der Waals surface area contributed by atoms with E-state index < -0.39 is 11.8 Å². The number of carbonyl (C=O) groups is 1. The molecule has 1 fully saturated rings. The first kappa shape index (κ1) is 10.7. The molecular formula is C12H11ClO4. The largest absolute Gasteiger partial charge is 0.478 e. The molecule has 0 unspecified atom stereocenters. The minimum Gasteiger partial charge on any atom is -0.478 e. The van der Waals surface area contributed by atoms with Crippen molar-refractivity contribution in [1.82, 2.24) is 0 Å². The smallest absolute Gasteiger partial charge is 0.337 e. The maximum absolute atomic E-state index is 11.0. The van der Waals surface area contributed by atoms with Crippen molar-refractivity contribution in [3.05, 3.63) is 22.7 Å². The summed E-state index contributed by atoms with van der Waals surface area (Å²) in [6.07, 6.45) is 3.80. The van der Waals surface area contributed by atoms with Gasteiger partial charge >= 0.3 is 5.97 Å². The average molecular weight is 255 g/mol. The highest BCUT2D eigenvalue weighted by Gasteiger charge is 2.44. The van der Waals surface area contributed by atoms with Gasteiger partial charge in [0.15, 0.2) is 11.5 Å². The fraction of sp³-hybridized carbons (Fsp3) is 0.417. The van der Waals surface area contributed by atoms with E-state index >= 15 is 0 Å². The van der Waals surface area contributed by atoms with Crippen molar-refractivity contribution < 1.29 is 19.4 Å². The first-order chi connectivity index (χ1) is 8.10. The van der Waals surface area contributed by atoms with Gasteiger partial charge in [0.05, 0.1) is 10.6 Å². The molecule has 1 aliphatic carbocycles. The Morgan fingerprint density at radius 1 is 1.24 bits per heavy atom. The Labute approximate surface area is 103 Å². The van der Waals surface area contributed by atoms with Gasteiger partial charge in [0, 0.05) is 25.0 Å². The predicted molar refractivity (Wildman–Crippen MR) is 60.9 cm³/mol. The van der Waals surface area contributed by atoms with E-state index in [9.17, 15) is 4.79 Å². The zero-order valence-electron chi connectivity index (χ0n) is 9.03. The molecule has 0 radical (unpaired) electrons. The van der Waals surface area contributed by atoms with E-state index in [1.807, 2.05) is 0 Å². The fourth-order valence-electron chi connectivity index (χ4n) is 2.40. The molecule has 17 heavy (non-hydrogen) atoms. The molecule has 0 atom stereocenters. The average Bonchev–Trinajstić information content (AvgIpc) is 2.84. The Bertz CT molecular complexity index is 492. The molecule has 0 aromatic heterocycles. The third kappa shape index (κ3) is 1.63. The number of hydrogen-bond acceptors (Lipinski definition) is 3. The minimum atomic E-state index is -1.06. The Kier molecular flexibility index (Phi) is 2.23. The highest BCUT2D eigenvalue weighted by molar-refractivity contribution is 6.33. The second-order valence-electron chi connectivity index (χ2n) is 4.41. The molecule has 90 valence electrons. The number of carboxylic acids is 1. The number of hydrogen-bond donors (Lipinski definition) is 1. The molecule has 0 saturated heterocycles. The molecule has 0 amide bonds. The highest BCUT2D eigenvalue weighted by Crippen LogP contribution is 2.48. The lowest BCUT2D eigenvalue weighted by Crippen LogP contribution is -2.34. The van der Waals surface area contributed by atoms with Crippen molar-refractivity contribution in [2.45, 2.75) is 31.5 Å². The van der Waals surface area contributed by atoms with Gasteiger partial charge in [-0.15, -0.1) is 0 Å². The van der Waals surface area contributed by atoms with Crippen molar-refractivity contribution in [3.63, 3.8) is 0 Å². The van der Waals surface area contributed by atoms with Crippen LogP contribution in [0.25, 0.3) is 0 Å². The Morgan fingerprint density at radius 2 is 1.82 bits per heavy atom. The maximum atomic E-state index is 11.0. The molecule has 1 saturated carbocycles. The van der Waals surface area contributed by atoms with Gasteiger partial charge in [0.25, 0.3) is 5.79 Å². The van der Waals surface area contributed by atoms with Crippen LogP contribution in [0.15, 0.2) is 12.1 Å². The van der Waals surface area contributed by atoms with Crippen LogP contribution in [0.2, 0.25) is 5.02 Å². The first-order valence-corrected chi connectivity index (χ1v) is 5.92. The molecular weight excluding hydrogens is 244 g/mol. The van der Waals surface area contributed by atoms with Crippen molar-refractivity contribution in [1.29, 1.82) is 0 Å². The predicted octanol–water partition coefficient (Wildman–Crippen LogP) is 3.08. The van der Waals surface area contributed by atoms with Crippen molar-refractivity contribution in [3.8, 4) is 11.5 Å². The molecule has 1 heterocycles. The van der Waals surface area contributed by atoms with Crippen LogP contribution in [0.5, 0.6) is 11.5 Å². The van der Waals surface area contributed by atoms with E-state index in [4.69, 9.17) is 26.2 Å². The van der Waals surface area contributed by atoms with Gasteiger partial charge in [0.2, 0.25) is 0 Å². The quantitative estimate of drug-likeness (QED) is 0.837. The molecule has 1 spiro atoms. The SMILES string of the molecule is O=C(O)c1cc2c(cc1Cl)OC1(CCCC1)O2. The number of benzene rings is 1. The van der Waals surface area contributed by atoms with E-state index in [0.29, 0.717) is 11.5 Å². The van der Waals surface area contributed by atoms with E-state index in [1.54, 1.807) is 0 Å². The number of aromatic carboxylic acids is 1. The number of halogens is 1. The van der Waals surface area contributed by atoms with Crippen molar-refractivity contribution in [2.24, 2.45) is 0 Å². The fourth-order valence-corrected chi connectivity index (χ4v) is 2.63. The van der Waals surface area contributed by atoms with E-state index in [-0.39, 0.29) is 10.6 Å². The van der Waals surface area contributed by atoms with Gasteiger partial charge in [-0.25, -0.2) is 4.79 Å². The second-order valence-corrected chi connectivity index (χ2v) is 4.81. The van der Waals surface area contributed by atoms with Crippen LogP contribution in [-0.2, 0) is 0 Å². The van der Waals surface area contributed by atoms with Gasteiger partial charge in [0.1, 0.15) is 0 Å². The number of fused-ring (bicyclic) bond motifs is 1. The summed E-state index contributed by atoms with van der Waals surface area (Å²) in [5.41, 5.74) is 0.0454. The van der Waals surface area contributed by atoms with Gasteiger partial charge in [-0.2, -0.15) is 0 Å². The summed E-state index contributed by atoms with van der Waals surface area (Å²) in [7, 11) is 0. The van der Waals surface area contributed by atoms with Crippen LogP contribution >= 0.6 is 11.6 Å². The molecule has 4 nitrogen and oxygen atoms in total. The molecule has 0 bridgehead atoms. The lowest BCUT2D eigenvalue weighted by molar-refractivity contribution is -0.0716. The molecule has 1 aliphatic heterocycles. The first-order valence-electron chi connectivity index (χ1n) is 5.55. The van der Waals surface area contributed by atoms with Crippen molar-refractivity contribution in [2.75, 3.05) is 0 Å². The van der Waals surface area contributed by atoms with E-state index in [2.05, 4.69) is 0 Å². The third-order valence-electron chi connectivity index (χ3n) is 3.22. The zero-order chi connectivity index (χ0) is 12.0. The van der Waals surface area contributed by atoms with Crippen molar-refractivity contribution >= 4 is 17.6 Å². The molecule has 1 aromatic rings. The van der Waals surface area contributed by atoms with Gasteiger partial charge in [-0.1, -0.05) is 11.6 Å². The van der Waals surface area contributed by atoms with E-state index in [0.717, 1.165) is 25.7 Å². The van der Waals surface area contributed by atoms with Gasteiger partial charge in [-0.05, 0) is 12.8 Å². The summed E-state index contributed by atoms with van der Waals surface area (Å²) < 4.78 is 11.5. The summed E-state index contributed by atoms with van der Waals surface area (Å²) >= 11 is 5.88. The summed E-state index contributed by atoms with van der Waals surface area (Å²) in [6, 6.07) is 2.96. The molecule has 2 aliphatic rings. The second kappa shape index (κ2) is 3.53. The Balaban J connectivity index is 2.00. The number of carboxylic acid groups (broad SMARTS) is 1. The summed E-state index contributed by atoms with van der Waals surface area (Å²) in [6.45, 7) is 0. The summed E-state index contributed by atoms with van der Waals surface area (Å²) in [4.78, 5) is 11.0. The number of rotatable bonds is 1. The molecule has 1 N–H and O–H groups in total. The van der Waals surface area contributed by atoms with Gasteiger partial charge < -0.3 is 14.6 Å². The lowest BCUT2D eigenvalue weighted by Gasteiger charge is -2.21. The Hall–Kier alpha value is -1.42. The highest BCUT2D eigenvalue weighted by atomic mass is 35.5. The normalized spacial score (nSPS) is 19.8. The Morgan fingerprint density at radius 3 is 2.41 bits per heavy atom. The standard InChI is InChI=1S/C12H11ClO4/c13-8-6-10-9(5-7(8)11(14)15)16-12(17-10)3-1-2-4-12/h5-6H,1-4H2,(H,14,15). The van der Waals surface area contributed by atoms with Crippen LogP contribution in [0.4, 0.5) is 0 Å². The molecule has 1 aromatic carbocycles. The maximum Gasteiger partial charge on any atom is 0.337 e. The number of ether oxygens (including phenoxy) is 2. The minimum absolute atomic E-state index is 0.0454. The third-order valence-corrected chi connectivity index (χ3v) is 3.53. The van der Waals surface area contributed by atoms with Gasteiger partial charge in [-0.3, -0.25) is 0 Å². The zero-order valence-corrected chi connectivity index (χ0v) is 9.79. The summed E-state index contributed by atoms with van der Waals surface area (Å²) in [5.74, 6) is -0.618. The lowest BCUT2D eigenvalue weighted by atomic mass is 10.2. The van der Waals surface area contributed by atoms with Crippen LogP contribution in [0.3, 0.4) is 0 Å². The molecule has 5 heteroatoms. The van der Waals surface area contributed by atoms with Crippen LogP contribution in [0.1, 0.15) is 36.0 Å².